The number of nitrogens with one attached hydrogen (secondary N) is 1. The van der Waals surface area contributed by atoms with Gasteiger partial charge in [0.1, 0.15) is 0 Å². The molecule has 6 heteroatoms. The number of aromatic nitrogens is 2. The van der Waals surface area contributed by atoms with Crippen molar-refractivity contribution in [3.63, 3.8) is 0 Å². The highest BCUT2D eigenvalue weighted by molar-refractivity contribution is 5.89. The largest absolute Gasteiger partial charge is 0.322 e. The summed E-state index contributed by atoms with van der Waals surface area (Å²) in [4.78, 5) is 21.9. The van der Waals surface area contributed by atoms with Gasteiger partial charge in [-0.2, -0.15) is 4.39 Å². The molecule has 0 bridgehead atoms. The van der Waals surface area contributed by atoms with E-state index in [0.29, 0.717) is 12.2 Å². The zero-order valence-corrected chi connectivity index (χ0v) is 12.7. The zero-order chi connectivity index (χ0) is 15.9. The van der Waals surface area contributed by atoms with Gasteiger partial charge in [0.2, 0.25) is 5.95 Å². The fourth-order valence-electron chi connectivity index (χ4n) is 1.96. The summed E-state index contributed by atoms with van der Waals surface area (Å²) < 4.78 is 12.8. The van der Waals surface area contributed by atoms with Crippen molar-refractivity contribution in [2.75, 3.05) is 5.32 Å². The monoisotopic (exact) mass is 302 g/mol. The van der Waals surface area contributed by atoms with Crippen LogP contribution in [0, 0.1) is 5.95 Å². The van der Waals surface area contributed by atoms with Crippen LogP contribution in [0.4, 0.5) is 14.9 Å². The van der Waals surface area contributed by atoms with Gasteiger partial charge in [-0.05, 0) is 37.6 Å². The minimum atomic E-state index is -0.578. The molecule has 0 aliphatic rings. The van der Waals surface area contributed by atoms with E-state index in [1.165, 1.54) is 18.3 Å². The lowest BCUT2D eigenvalue weighted by Gasteiger charge is -2.28. The molecule has 0 spiro atoms. The quantitative estimate of drug-likeness (QED) is 0.861. The molecule has 2 aromatic heterocycles. The Morgan fingerprint density at radius 2 is 2.14 bits per heavy atom. The van der Waals surface area contributed by atoms with Gasteiger partial charge < -0.3 is 10.2 Å². The van der Waals surface area contributed by atoms with E-state index >= 15 is 0 Å². The average molecular weight is 302 g/mol. The van der Waals surface area contributed by atoms with Crippen molar-refractivity contribution < 1.29 is 9.18 Å². The molecule has 2 aromatic rings. The Morgan fingerprint density at radius 3 is 2.73 bits per heavy atom. The second kappa shape index (κ2) is 7.49. The molecular weight excluding hydrogens is 283 g/mol. The van der Waals surface area contributed by atoms with Crippen molar-refractivity contribution >= 4 is 11.7 Å². The van der Waals surface area contributed by atoms with Crippen LogP contribution in [0.3, 0.4) is 0 Å². The van der Waals surface area contributed by atoms with Crippen LogP contribution in [-0.4, -0.2) is 26.9 Å². The second-order valence-electron chi connectivity index (χ2n) is 5.01. The fourth-order valence-corrected chi connectivity index (χ4v) is 1.96. The summed E-state index contributed by atoms with van der Waals surface area (Å²) in [5, 5.41) is 2.73. The highest BCUT2D eigenvalue weighted by Crippen LogP contribution is 2.13. The van der Waals surface area contributed by atoms with Crippen LogP contribution in [0.1, 0.15) is 26.0 Å². The molecule has 5 nitrogen and oxygen atoms in total. The van der Waals surface area contributed by atoms with Crippen molar-refractivity contribution in [1.29, 1.82) is 0 Å². The van der Waals surface area contributed by atoms with E-state index < -0.39 is 5.95 Å². The van der Waals surface area contributed by atoms with Crippen LogP contribution < -0.4 is 5.32 Å². The van der Waals surface area contributed by atoms with Crippen molar-refractivity contribution in [2.24, 2.45) is 0 Å². The molecule has 1 N–H and O–H groups in total. The Kier molecular flexibility index (Phi) is 5.41. The van der Waals surface area contributed by atoms with E-state index in [-0.39, 0.29) is 12.1 Å². The summed E-state index contributed by atoms with van der Waals surface area (Å²) in [6.45, 7) is 4.41. The summed E-state index contributed by atoms with van der Waals surface area (Å²) >= 11 is 0. The van der Waals surface area contributed by atoms with E-state index in [0.717, 1.165) is 12.1 Å². The van der Waals surface area contributed by atoms with Crippen LogP contribution in [-0.2, 0) is 6.54 Å². The number of hydrogen-bond donors (Lipinski definition) is 1. The lowest BCUT2D eigenvalue weighted by Crippen LogP contribution is -2.40. The minimum absolute atomic E-state index is 0.0513. The number of carbonyl (C=O) groups excluding carboxylic acids is 1. The van der Waals surface area contributed by atoms with Gasteiger partial charge in [0.15, 0.2) is 0 Å². The van der Waals surface area contributed by atoms with Gasteiger partial charge in [0.25, 0.3) is 0 Å². The molecule has 0 aliphatic carbocycles. The van der Waals surface area contributed by atoms with Gasteiger partial charge in [-0.3, -0.25) is 4.98 Å². The van der Waals surface area contributed by atoms with Gasteiger partial charge in [-0.1, -0.05) is 13.0 Å². The SMILES string of the molecule is CCC(C)N(Cc1ccccn1)C(=O)Nc1ccc(F)nc1. The summed E-state index contributed by atoms with van der Waals surface area (Å²) in [6, 6.07) is 8.09. The number of hydrogen-bond acceptors (Lipinski definition) is 3. The molecule has 1 atom stereocenters. The fraction of sp³-hybridized carbons (Fsp3) is 0.312. The lowest BCUT2D eigenvalue weighted by molar-refractivity contribution is 0.186. The molecule has 0 saturated carbocycles. The molecular formula is C16H19FN4O. The highest BCUT2D eigenvalue weighted by Gasteiger charge is 2.20. The number of carbonyl (C=O) groups is 1. The van der Waals surface area contributed by atoms with Gasteiger partial charge in [-0.25, -0.2) is 9.78 Å². The van der Waals surface area contributed by atoms with Gasteiger partial charge in [0.05, 0.1) is 24.1 Å². The van der Waals surface area contributed by atoms with Crippen LogP contribution in [0.15, 0.2) is 42.7 Å². The van der Waals surface area contributed by atoms with Crippen LogP contribution >= 0.6 is 0 Å². The zero-order valence-electron chi connectivity index (χ0n) is 12.7. The third-order valence-corrected chi connectivity index (χ3v) is 3.42. The third-order valence-electron chi connectivity index (χ3n) is 3.42. The molecule has 2 heterocycles. The Bertz CT molecular complexity index is 603. The molecule has 2 rings (SSSR count). The summed E-state index contributed by atoms with van der Waals surface area (Å²) in [5.41, 5.74) is 1.27. The maximum atomic E-state index is 12.8. The first-order valence-electron chi connectivity index (χ1n) is 7.19. The first-order chi connectivity index (χ1) is 10.6. The first kappa shape index (κ1) is 15.9. The summed E-state index contributed by atoms with van der Waals surface area (Å²) in [7, 11) is 0. The summed E-state index contributed by atoms with van der Waals surface area (Å²) in [6.07, 6.45) is 3.82. The van der Waals surface area contributed by atoms with Gasteiger partial charge in [0, 0.05) is 12.2 Å². The van der Waals surface area contributed by atoms with Crippen molar-refractivity contribution in [3.8, 4) is 0 Å². The van der Waals surface area contributed by atoms with Crippen LogP contribution in [0.25, 0.3) is 0 Å². The third kappa shape index (κ3) is 4.25. The number of urea groups is 1. The topological polar surface area (TPSA) is 58.1 Å². The molecule has 0 aromatic carbocycles. The van der Waals surface area contributed by atoms with E-state index in [2.05, 4.69) is 15.3 Å². The average Bonchev–Trinajstić information content (AvgIpc) is 2.55. The lowest BCUT2D eigenvalue weighted by atomic mass is 10.2. The Labute approximate surface area is 129 Å². The molecule has 116 valence electrons. The normalized spacial score (nSPS) is 11.8. The Hall–Kier alpha value is -2.50. The molecule has 0 saturated heterocycles. The predicted octanol–water partition coefficient (Wildman–Crippen LogP) is 3.45. The standard InChI is InChI=1S/C16H19FN4O/c1-3-12(2)21(11-14-6-4-5-9-18-14)16(22)20-13-7-8-15(17)19-10-13/h4-10,12H,3,11H2,1-2H3,(H,20,22). The van der Waals surface area contributed by atoms with Gasteiger partial charge >= 0.3 is 6.03 Å². The Morgan fingerprint density at radius 1 is 1.32 bits per heavy atom. The molecule has 1 unspecified atom stereocenters. The van der Waals surface area contributed by atoms with Gasteiger partial charge in [-0.15, -0.1) is 0 Å². The van der Waals surface area contributed by atoms with E-state index in [1.807, 2.05) is 32.0 Å². The maximum absolute atomic E-state index is 12.8. The smallest absolute Gasteiger partial charge is 0.316 e. The molecule has 0 radical (unpaired) electrons. The van der Waals surface area contributed by atoms with Crippen LogP contribution in [0.5, 0.6) is 0 Å². The maximum Gasteiger partial charge on any atom is 0.322 e. The van der Waals surface area contributed by atoms with E-state index in [4.69, 9.17) is 0 Å². The molecule has 2 amide bonds. The van der Waals surface area contributed by atoms with Crippen molar-refractivity contribution in [2.45, 2.75) is 32.9 Å². The number of halogens is 1. The molecule has 22 heavy (non-hydrogen) atoms. The predicted molar refractivity (Wildman–Crippen MR) is 82.7 cm³/mol. The number of amides is 2. The van der Waals surface area contributed by atoms with E-state index in [1.54, 1.807) is 11.1 Å². The highest BCUT2D eigenvalue weighted by atomic mass is 19.1. The molecule has 0 fully saturated rings. The van der Waals surface area contributed by atoms with Crippen molar-refractivity contribution in [3.05, 3.63) is 54.4 Å². The van der Waals surface area contributed by atoms with E-state index in [9.17, 15) is 9.18 Å². The second-order valence-corrected chi connectivity index (χ2v) is 5.01. The minimum Gasteiger partial charge on any atom is -0.316 e. The number of anilines is 1. The number of pyridine rings is 2. The number of nitrogens with zero attached hydrogens (tertiary/aromatic N) is 3. The van der Waals surface area contributed by atoms with Crippen LogP contribution in [0.2, 0.25) is 0 Å². The number of rotatable bonds is 5. The van der Waals surface area contributed by atoms with Crippen molar-refractivity contribution in [1.82, 2.24) is 14.9 Å². The summed E-state index contributed by atoms with van der Waals surface area (Å²) in [5.74, 6) is -0.578. The Balaban J connectivity index is 2.10. The first-order valence-corrected chi connectivity index (χ1v) is 7.19. The molecule has 0 aliphatic heterocycles.